The number of halogens is 1. The van der Waals surface area contributed by atoms with E-state index in [1.54, 1.807) is 0 Å². The molecular weight excluding hydrogens is 142 g/mol. The number of morpholine rings is 1. The minimum absolute atomic E-state index is 0. The fraction of sp³-hybridized carbons (Fsp3) is 1.00. The Bertz CT molecular complexity index is 56.9. The van der Waals surface area contributed by atoms with Gasteiger partial charge in [-0.15, -0.1) is 12.4 Å². The average Bonchev–Trinajstić information content (AvgIpc) is 1.69. The Kier molecular flexibility index (Phi) is 8.32. The quantitative estimate of drug-likeness (QED) is 0.517. The van der Waals surface area contributed by atoms with Crippen LogP contribution in [0, 0.1) is 0 Å². The fourth-order valence-electron chi connectivity index (χ4n) is 0.697. The summed E-state index contributed by atoms with van der Waals surface area (Å²) in [6, 6.07) is 0. The van der Waals surface area contributed by atoms with Crippen molar-refractivity contribution < 1.29 is 10.2 Å². The molecule has 1 heterocycles. The highest BCUT2D eigenvalue weighted by Crippen LogP contribution is 1.91. The van der Waals surface area contributed by atoms with Crippen LogP contribution in [0.3, 0.4) is 0 Å². The minimum atomic E-state index is 0. The molecule has 0 aromatic heterocycles. The smallest absolute Gasteiger partial charge is 0.0672 e. The van der Waals surface area contributed by atoms with Crippen LogP contribution in [0.2, 0.25) is 0 Å². The van der Waals surface area contributed by atoms with Crippen molar-refractivity contribution in [3.63, 3.8) is 0 Å². The van der Waals surface area contributed by atoms with Crippen molar-refractivity contribution in [3.8, 4) is 0 Å². The Morgan fingerprint density at radius 1 is 1.56 bits per heavy atom. The van der Waals surface area contributed by atoms with Gasteiger partial charge in [-0.25, -0.2) is 0 Å². The van der Waals surface area contributed by atoms with E-state index in [0.29, 0.717) is 6.10 Å². The van der Waals surface area contributed by atoms with Gasteiger partial charge in [0.2, 0.25) is 0 Å². The fourth-order valence-corrected chi connectivity index (χ4v) is 0.697. The summed E-state index contributed by atoms with van der Waals surface area (Å²) in [5.74, 6) is 0. The lowest BCUT2D eigenvalue weighted by molar-refractivity contribution is 0.0410. The standard InChI is InChI=1S/C5H11NO.ClH.H2O/c1-5-4-6-2-3-7-5;;/h5-6H,2-4H2,1H3;1H;1H2. The van der Waals surface area contributed by atoms with E-state index in [0.717, 1.165) is 19.7 Å². The zero-order valence-electron chi connectivity index (χ0n) is 5.52. The molecule has 0 bridgehead atoms. The van der Waals surface area contributed by atoms with Crippen LogP contribution in [0.1, 0.15) is 6.92 Å². The molecule has 4 heteroatoms. The lowest BCUT2D eigenvalue weighted by Gasteiger charge is -2.18. The van der Waals surface area contributed by atoms with Gasteiger partial charge < -0.3 is 15.5 Å². The monoisotopic (exact) mass is 155 g/mol. The lowest BCUT2D eigenvalue weighted by atomic mass is 10.3. The van der Waals surface area contributed by atoms with Crippen LogP contribution < -0.4 is 5.32 Å². The van der Waals surface area contributed by atoms with Crippen LogP contribution in [0.15, 0.2) is 0 Å². The third-order valence-electron chi connectivity index (χ3n) is 1.11. The molecule has 1 unspecified atom stereocenters. The summed E-state index contributed by atoms with van der Waals surface area (Å²) >= 11 is 0. The number of ether oxygens (including phenoxy) is 1. The van der Waals surface area contributed by atoms with Crippen LogP contribution in [0.4, 0.5) is 0 Å². The predicted molar refractivity (Wildman–Crippen MR) is 39.1 cm³/mol. The van der Waals surface area contributed by atoms with Gasteiger partial charge in [0.25, 0.3) is 0 Å². The zero-order valence-corrected chi connectivity index (χ0v) is 6.33. The van der Waals surface area contributed by atoms with Crippen molar-refractivity contribution in [1.29, 1.82) is 0 Å². The molecule has 1 atom stereocenters. The molecule has 0 aliphatic carbocycles. The number of hydrogen-bond donors (Lipinski definition) is 1. The van der Waals surface area contributed by atoms with E-state index in [4.69, 9.17) is 4.74 Å². The summed E-state index contributed by atoms with van der Waals surface area (Å²) in [6.45, 7) is 4.98. The number of hydrogen-bond acceptors (Lipinski definition) is 2. The summed E-state index contributed by atoms with van der Waals surface area (Å²) in [4.78, 5) is 0. The third-order valence-corrected chi connectivity index (χ3v) is 1.11. The van der Waals surface area contributed by atoms with Gasteiger partial charge in [-0.05, 0) is 6.92 Å². The van der Waals surface area contributed by atoms with E-state index in [1.807, 2.05) is 0 Å². The van der Waals surface area contributed by atoms with Gasteiger partial charge in [0, 0.05) is 13.1 Å². The second kappa shape index (κ2) is 6.29. The highest BCUT2D eigenvalue weighted by Gasteiger charge is 2.04. The molecule has 0 radical (unpaired) electrons. The third kappa shape index (κ3) is 4.66. The van der Waals surface area contributed by atoms with E-state index < -0.39 is 0 Å². The van der Waals surface area contributed by atoms with Crippen LogP contribution >= 0.6 is 12.4 Å². The van der Waals surface area contributed by atoms with Gasteiger partial charge in [0.1, 0.15) is 0 Å². The molecule has 0 saturated carbocycles. The van der Waals surface area contributed by atoms with Crippen molar-refractivity contribution in [2.45, 2.75) is 13.0 Å². The molecule has 1 rings (SSSR count). The first-order chi connectivity index (χ1) is 3.39. The van der Waals surface area contributed by atoms with Gasteiger partial charge in [-0.1, -0.05) is 0 Å². The molecule has 1 fully saturated rings. The summed E-state index contributed by atoms with van der Waals surface area (Å²) in [6.07, 6.45) is 0.425. The molecule has 0 aromatic carbocycles. The average molecular weight is 156 g/mol. The maximum Gasteiger partial charge on any atom is 0.0672 e. The molecule has 0 spiro atoms. The van der Waals surface area contributed by atoms with Crippen molar-refractivity contribution in [2.75, 3.05) is 19.7 Å². The van der Waals surface area contributed by atoms with Gasteiger partial charge >= 0.3 is 0 Å². The Balaban J connectivity index is 0. The molecule has 3 nitrogen and oxygen atoms in total. The Morgan fingerprint density at radius 3 is 2.44 bits per heavy atom. The molecule has 9 heavy (non-hydrogen) atoms. The Morgan fingerprint density at radius 2 is 2.22 bits per heavy atom. The molecule has 0 amide bonds. The van der Waals surface area contributed by atoms with E-state index in [9.17, 15) is 0 Å². The van der Waals surface area contributed by atoms with Crippen LogP contribution in [0.25, 0.3) is 0 Å². The number of nitrogens with one attached hydrogen (secondary N) is 1. The predicted octanol–water partition coefficient (Wildman–Crippen LogP) is -0.408. The first-order valence-corrected chi connectivity index (χ1v) is 2.72. The molecule has 0 aromatic rings. The Labute approximate surface area is 61.5 Å². The maximum atomic E-state index is 5.22. The summed E-state index contributed by atoms with van der Waals surface area (Å²) in [5.41, 5.74) is 0. The first kappa shape index (κ1) is 11.9. The summed E-state index contributed by atoms with van der Waals surface area (Å²) < 4.78 is 5.22. The molecule has 1 aliphatic rings. The second-order valence-electron chi connectivity index (χ2n) is 1.89. The topological polar surface area (TPSA) is 52.8 Å². The van der Waals surface area contributed by atoms with Crippen molar-refractivity contribution in [1.82, 2.24) is 5.32 Å². The summed E-state index contributed by atoms with van der Waals surface area (Å²) in [5, 5.41) is 3.21. The first-order valence-electron chi connectivity index (χ1n) is 2.72. The van der Waals surface area contributed by atoms with Crippen LogP contribution in [-0.2, 0) is 4.74 Å². The normalized spacial score (nSPS) is 25.7. The molecule has 1 saturated heterocycles. The minimum Gasteiger partial charge on any atom is -0.412 e. The maximum absolute atomic E-state index is 5.22. The molecule has 1 aliphatic heterocycles. The lowest BCUT2D eigenvalue weighted by Crippen LogP contribution is -2.36. The molecule has 58 valence electrons. The van der Waals surface area contributed by atoms with Crippen molar-refractivity contribution >= 4 is 12.4 Å². The van der Waals surface area contributed by atoms with Crippen molar-refractivity contribution in [2.24, 2.45) is 0 Å². The SMILES string of the molecule is CC1CNCCO1.Cl.O. The van der Waals surface area contributed by atoms with E-state index in [1.165, 1.54) is 0 Å². The largest absolute Gasteiger partial charge is 0.412 e. The van der Waals surface area contributed by atoms with Crippen molar-refractivity contribution in [3.05, 3.63) is 0 Å². The summed E-state index contributed by atoms with van der Waals surface area (Å²) in [7, 11) is 0. The second-order valence-corrected chi connectivity index (χ2v) is 1.89. The Hall–Kier alpha value is 0.170. The van der Waals surface area contributed by atoms with Crippen LogP contribution in [0.5, 0.6) is 0 Å². The van der Waals surface area contributed by atoms with E-state index in [-0.39, 0.29) is 17.9 Å². The molecule has 3 N–H and O–H groups in total. The van der Waals surface area contributed by atoms with Gasteiger partial charge in [-0.3, -0.25) is 0 Å². The highest BCUT2D eigenvalue weighted by atomic mass is 35.5. The zero-order chi connectivity index (χ0) is 5.11. The van der Waals surface area contributed by atoms with Gasteiger partial charge in [-0.2, -0.15) is 0 Å². The highest BCUT2D eigenvalue weighted by molar-refractivity contribution is 5.85. The van der Waals surface area contributed by atoms with Gasteiger partial charge in [0.15, 0.2) is 0 Å². The van der Waals surface area contributed by atoms with Crippen LogP contribution in [-0.4, -0.2) is 31.3 Å². The number of rotatable bonds is 0. The van der Waals surface area contributed by atoms with Gasteiger partial charge in [0.05, 0.1) is 12.7 Å². The molecular formula is C5H14ClNO2. The van der Waals surface area contributed by atoms with E-state index in [2.05, 4.69) is 12.2 Å². The van der Waals surface area contributed by atoms with E-state index >= 15 is 0 Å².